The first-order valence-corrected chi connectivity index (χ1v) is 6.77. The average molecular weight is 358 g/mol. The van der Waals surface area contributed by atoms with Gasteiger partial charge in [-0.25, -0.2) is 8.78 Å². The number of nitriles is 1. The lowest BCUT2D eigenvalue weighted by Gasteiger charge is -2.20. The van der Waals surface area contributed by atoms with Crippen molar-refractivity contribution >= 4 is 11.6 Å². The highest BCUT2D eigenvalue weighted by Gasteiger charge is 2.41. The van der Waals surface area contributed by atoms with Crippen molar-refractivity contribution < 1.29 is 26.7 Å². The molecular formula is C15H11F5N4O. The molecular weight excluding hydrogens is 347 g/mol. The molecule has 0 bridgehead atoms. The van der Waals surface area contributed by atoms with Crippen LogP contribution in [0.3, 0.4) is 0 Å². The van der Waals surface area contributed by atoms with Gasteiger partial charge in [0.05, 0.1) is 11.4 Å². The van der Waals surface area contributed by atoms with Crippen LogP contribution < -0.4 is 4.90 Å². The van der Waals surface area contributed by atoms with Gasteiger partial charge in [0.1, 0.15) is 28.7 Å². The van der Waals surface area contributed by atoms with Gasteiger partial charge in [0, 0.05) is 14.1 Å². The molecule has 1 aromatic carbocycles. The molecule has 0 atom stereocenters. The molecule has 0 saturated heterocycles. The number of hydrogen-bond donors (Lipinski definition) is 0. The van der Waals surface area contributed by atoms with Gasteiger partial charge >= 0.3 is 6.18 Å². The van der Waals surface area contributed by atoms with Gasteiger partial charge < -0.3 is 4.90 Å². The highest BCUT2D eigenvalue weighted by Crippen LogP contribution is 2.35. The summed E-state index contributed by atoms with van der Waals surface area (Å²) in [6, 6.07) is 2.91. The van der Waals surface area contributed by atoms with Crippen molar-refractivity contribution in [2.75, 3.05) is 11.9 Å². The van der Waals surface area contributed by atoms with Crippen molar-refractivity contribution in [2.24, 2.45) is 7.05 Å². The van der Waals surface area contributed by atoms with Crippen LogP contribution in [-0.4, -0.2) is 22.7 Å². The molecule has 10 heteroatoms. The van der Waals surface area contributed by atoms with Gasteiger partial charge in [0.25, 0.3) is 5.91 Å². The van der Waals surface area contributed by atoms with Crippen LogP contribution in [0.15, 0.2) is 12.1 Å². The highest BCUT2D eigenvalue weighted by atomic mass is 19.4. The first-order chi connectivity index (χ1) is 11.5. The number of rotatable bonds is 2. The minimum absolute atomic E-state index is 0.413. The Bertz CT molecular complexity index is 895. The Morgan fingerprint density at radius 2 is 1.92 bits per heavy atom. The molecule has 0 unspecified atom stereocenters. The molecule has 0 aliphatic rings. The van der Waals surface area contributed by atoms with Gasteiger partial charge in [0.15, 0.2) is 5.82 Å². The number of aromatic nitrogens is 2. The van der Waals surface area contributed by atoms with Crippen LogP contribution in [0.25, 0.3) is 0 Å². The van der Waals surface area contributed by atoms with Crippen LogP contribution in [0.5, 0.6) is 0 Å². The zero-order valence-corrected chi connectivity index (χ0v) is 13.2. The predicted octanol–water partition coefficient (Wildman–Crippen LogP) is 3.17. The molecule has 2 aromatic rings. The van der Waals surface area contributed by atoms with E-state index in [2.05, 4.69) is 5.10 Å². The lowest BCUT2D eigenvalue weighted by molar-refractivity contribution is -0.138. The number of aryl methyl sites for hydroxylation is 2. The number of alkyl halides is 3. The summed E-state index contributed by atoms with van der Waals surface area (Å²) >= 11 is 0. The van der Waals surface area contributed by atoms with Gasteiger partial charge in [-0.15, -0.1) is 0 Å². The number of amides is 1. The second-order valence-corrected chi connectivity index (χ2v) is 5.16. The van der Waals surface area contributed by atoms with E-state index in [1.54, 1.807) is 0 Å². The highest BCUT2D eigenvalue weighted by molar-refractivity contribution is 6.06. The van der Waals surface area contributed by atoms with Crippen LogP contribution in [-0.2, 0) is 13.2 Å². The first-order valence-electron chi connectivity index (χ1n) is 6.77. The number of carbonyl (C=O) groups is 1. The molecule has 1 heterocycles. The maximum absolute atomic E-state index is 14.2. The summed E-state index contributed by atoms with van der Waals surface area (Å²) in [6.45, 7) is 1.09. The molecule has 0 radical (unpaired) electrons. The number of anilines is 1. The molecule has 25 heavy (non-hydrogen) atoms. The van der Waals surface area contributed by atoms with Crippen LogP contribution >= 0.6 is 0 Å². The summed E-state index contributed by atoms with van der Waals surface area (Å²) in [7, 11) is 2.16. The maximum atomic E-state index is 14.2. The smallest absolute Gasteiger partial charge is 0.307 e. The summed E-state index contributed by atoms with van der Waals surface area (Å²) < 4.78 is 67.9. The van der Waals surface area contributed by atoms with Crippen LogP contribution in [0.4, 0.5) is 27.6 Å². The zero-order chi connectivity index (χ0) is 19.1. The van der Waals surface area contributed by atoms with Crippen LogP contribution in [0.2, 0.25) is 0 Å². The molecule has 0 saturated carbocycles. The molecule has 132 valence electrons. The summed E-state index contributed by atoms with van der Waals surface area (Å²) in [6.07, 6.45) is -4.84. The lowest BCUT2D eigenvalue weighted by atomic mass is 10.1. The Labute approximate surface area is 138 Å². The van der Waals surface area contributed by atoms with E-state index in [0.29, 0.717) is 4.90 Å². The van der Waals surface area contributed by atoms with E-state index in [-0.39, 0.29) is 0 Å². The summed E-state index contributed by atoms with van der Waals surface area (Å²) in [4.78, 5) is 13.1. The Balaban J connectivity index is 2.59. The molecule has 1 amide bonds. The normalized spacial score (nSPS) is 11.3. The van der Waals surface area contributed by atoms with Gasteiger partial charge in [-0.3, -0.25) is 9.48 Å². The Morgan fingerprint density at radius 3 is 2.44 bits per heavy atom. The first kappa shape index (κ1) is 18.4. The van der Waals surface area contributed by atoms with E-state index < -0.39 is 51.9 Å². The number of nitrogens with zero attached hydrogens (tertiary/aromatic N) is 4. The Hall–Kier alpha value is -2.96. The van der Waals surface area contributed by atoms with Gasteiger partial charge in [-0.1, -0.05) is 0 Å². The summed E-state index contributed by atoms with van der Waals surface area (Å²) in [5.41, 5.74) is -3.92. The molecule has 0 fully saturated rings. The second kappa shape index (κ2) is 6.16. The fourth-order valence-corrected chi connectivity index (χ4v) is 2.41. The van der Waals surface area contributed by atoms with Crippen molar-refractivity contribution in [1.29, 1.82) is 5.26 Å². The van der Waals surface area contributed by atoms with E-state index in [0.717, 1.165) is 37.8 Å². The molecule has 0 N–H and O–H groups in total. The molecule has 2 rings (SSSR count). The molecule has 1 aromatic heterocycles. The second-order valence-electron chi connectivity index (χ2n) is 5.16. The summed E-state index contributed by atoms with van der Waals surface area (Å²) in [5.74, 6) is -3.69. The monoisotopic (exact) mass is 358 g/mol. The van der Waals surface area contributed by atoms with E-state index >= 15 is 0 Å². The molecule has 5 nitrogen and oxygen atoms in total. The number of hydrogen-bond acceptors (Lipinski definition) is 3. The fraction of sp³-hybridized carbons (Fsp3) is 0.267. The third-order valence-electron chi connectivity index (χ3n) is 3.56. The van der Waals surface area contributed by atoms with Crippen LogP contribution in [0.1, 0.15) is 27.3 Å². The third kappa shape index (κ3) is 3.05. The third-order valence-corrected chi connectivity index (χ3v) is 3.56. The molecule has 0 aliphatic carbocycles. The number of halogens is 5. The predicted molar refractivity (Wildman–Crippen MR) is 76.8 cm³/mol. The molecule has 0 aliphatic heterocycles. The lowest BCUT2D eigenvalue weighted by Crippen LogP contribution is -2.31. The summed E-state index contributed by atoms with van der Waals surface area (Å²) in [5, 5.41) is 12.4. The minimum atomic E-state index is -4.84. The van der Waals surface area contributed by atoms with Crippen molar-refractivity contribution in [3.8, 4) is 6.07 Å². The topological polar surface area (TPSA) is 61.9 Å². The van der Waals surface area contributed by atoms with Crippen molar-refractivity contribution in [2.45, 2.75) is 13.1 Å². The van der Waals surface area contributed by atoms with E-state index in [9.17, 15) is 26.7 Å². The maximum Gasteiger partial charge on any atom is 0.420 e. The Morgan fingerprint density at radius 1 is 1.32 bits per heavy atom. The minimum Gasteiger partial charge on any atom is -0.307 e. The quantitative estimate of drug-likeness (QED) is 0.775. The Kier molecular flexibility index (Phi) is 4.53. The number of carbonyl (C=O) groups excluding carboxylic acids is 1. The van der Waals surface area contributed by atoms with Crippen molar-refractivity contribution in [3.63, 3.8) is 0 Å². The zero-order valence-electron chi connectivity index (χ0n) is 13.2. The van der Waals surface area contributed by atoms with E-state index in [1.807, 2.05) is 0 Å². The van der Waals surface area contributed by atoms with Crippen molar-refractivity contribution in [1.82, 2.24) is 9.78 Å². The van der Waals surface area contributed by atoms with E-state index in [1.165, 1.54) is 6.07 Å². The standard InChI is InChI=1S/C15H11F5N4O/c1-7-11(15(18,19)20)13(24(3)22-7)14(25)23(2)10-5-4-9(16)8(6-21)12(10)17/h4-5H,1-3H3. The van der Waals surface area contributed by atoms with Gasteiger partial charge in [-0.05, 0) is 19.1 Å². The largest absolute Gasteiger partial charge is 0.420 e. The SMILES string of the molecule is Cc1nn(C)c(C(=O)N(C)c2ccc(F)c(C#N)c2F)c1C(F)(F)F. The van der Waals surface area contributed by atoms with Crippen LogP contribution in [0, 0.1) is 29.9 Å². The fourth-order valence-electron chi connectivity index (χ4n) is 2.41. The van der Waals surface area contributed by atoms with E-state index in [4.69, 9.17) is 5.26 Å². The number of benzene rings is 1. The van der Waals surface area contributed by atoms with Crippen molar-refractivity contribution in [3.05, 3.63) is 46.3 Å². The van der Waals surface area contributed by atoms with Gasteiger partial charge in [-0.2, -0.15) is 23.5 Å². The average Bonchev–Trinajstić information content (AvgIpc) is 2.81. The molecule has 0 spiro atoms. The van der Waals surface area contributed by atoms with Gasteiger partial charge in [0.2, 0.25) is 0 Å².